The minimum Gasteiger partial charge on any atom is -0.507 e. The Morgan fingerprint density at radius 3 is 2.41 bits per heavy atom. The van der Waals surface area contributed by atoms with Crippen LogP contribution in [-0.2, 0) is 5.41 Å². The molecule has 0 saturated heterocycles. The van der Waals surface area contributed by atoms with E-state index in [1.54, 1.807) is 7.11 Å². The summed E-state index contributed by atoms with van der Waals surface area (Å²) in [6.07, 6.45) is 2.12. The smallest absolute Gasteiger partial charge is 0.126 e. The van der Waals surface area contributed by atoms with Gasteiger partial charge in [-0.15, -0.1) is 0 Å². The molecule has 0 amide bonds. The molecule has 2 rings (SSSR count). The lowest BCUT2D eigenvalue weighted by atomic mass is 9.84. The lowest BCUT2D eigenvalue weighted by Crippen LogP contribution is -2.32. The number of benzene rings is 1. The van der Waals surface area contributed by atoms with Crippen molar-refractivity contribution in [2.45, 2.75) is 45.1 Å². The van der Waals surface area contributed by atoms with Crippen molar-refractivity contribution in [3.05, 3.63) is 22.8 Å². The molecule has 1 aliphatic rings. The van der Waals surface area contributed by atoms with Crippen LogP contribution in [0, 0.1) is 13.8 Å². The maximum Gasteiger partial charge on any atom is 0.126 e. The Balaban J connectivity index is 2.60. The van der Waals surface area contributed by atoms with E-state index in [0.29, 0.717) is 5.75 Å². The molecule has 1 aliphatic carbocycles. The second kappa shape index (κ2) is 3.91. The number of aryl methyl sites for hydroxylation is 1. The molecular formula is C14H21NO2. The summed E-state index contributed by atoms with van der Waals surface area (Å²) in [5, 5.41) is 10.4. The molecule has 1 unspecified atom stereocenters. The van der Waals surface area contributed by atoms with Gasteiger partial charge in [0.15, 0.2) is 0 Å². The number of phenolic OH excluding ortho intramolecular Hbond substituents is 1. The van der Waals surface area contributed by atoms with E-state index in [1.165, 1.54) is 0 Å². The van der Waals surface area contributed by atoms with Gasteiger partial charge in [-0.2, -0.15) is 0 Å². The molecule has 0 bridgehead atoms. The highest BCUT2D eigenvalue weighted by molar-refractivity contribution is 5.57. The maximum atomic E-state index is 10.4. The molecule has 3 heteroatoms. The van der Waals surface area contributed by atoms with Gasteiger partial charge in [0.2, 0.25) is 0 Å². The van der Waals surface area contributed by atoms with Crippen LogP contribution in [0.3, 0.4) is 0 Å². The molecule has 94 valence electrons. The first-order chi connectivity index (χ1) is 7.94. The average molecular weight is 235 g/mol. The molecule has 1 aromatic rings. The summed E-state index contributed by atoms with van der Waals surface area (Å²) < 4.78 is 5.26. The third-order valence-corrected chi connectivity index (χ3v) is 4.08. The third-order valence-electron chi connectivity index (χ3n) is 4.08. The van der Waals surface area contributed by atoms with Crippen molar-refractivity contribution in [3.63, 3.8) is 0 Å². The van der Waals surface area contributed by atoms with E-state index in [4.69, 9.17) is 10.5 Å². The Morgan fingerprint density at radius 2 is 2.00 bits per heavy atom. The fourth-order valence-electron chi connectivity index (χ4n) is 2.78. The molecule has 0 aliphatic heterocycles. The fourth-order valence-corrected chi connectivity index (χ4v) is 2.78. The predicted molar refractivity (Wildman–Crippen MR) is 68.7 cm³/mol. The zero-order valence-corrected chi connectivity index (χ0v) is 11.0. The van der Waals surface area contributed by atoms with E-state index in [9.17, 15) is 5.11 Å². The molecule has 1 fully saturated rings. The summed E-state index contributed by atoms with van der Waals surface area (Å²) in [5.41, 5.74) is 8.95. The topological polar surface area (TPSA) is 55.5 Å². The number of hydrogen-bond acceptors (Lipinski definition) is 3. The quantitative estimate of drug-likeness (QED) is 0.845. The number of rotatable bonds is 3. The third kappa shape index (κ3) is 1.69. The summed E-state index contributed by atoms with van der Waals surface area (Å²) in [7, 11) is 1.62. The Bertz CT molecular complexity index is 448. The van der Waals surface area contributed by atoms with Crippen LogP contribution in [0.4, 0.5) is 0 Å². The largest absolute Gasteiger partial charge is 0.507 e. The molecule has 3 N–H and O–H groups in total. The summed E-state index contributed by atoms with van der Waals surface area (Å²) in [6.45, 7) is 5.92. The van der Waals surface area contributed by atoms with Crippen LogP contribution in [0.15, 0.2) is 6.07 Å². The molecule has 1 aromatic carbocycles. The van der Waals surface area contributed by atoms with Gasteiger partial charge in [-0.25, -0.2) is 0 Å². The van der Waals surface area contributed by atoms with E-state index in [1.807, 2.05) is 26.8 Å². The minimum atomic E-state index is -0.0226. The minimum absolute atomic E-state index is 0.0226. The van der Waals surface area contributed by atoms with Crippen molar-refractivity contribution in [2.75, 3.05) is 7.11 Å². The SMILES string of the molecule is COc1cc(C)c(C2(C(C)N)CC2)c(O)c1C. The summed E-state index contributed by atoms with van der Waals surface area (Å²) in [6, 6.07) is 2.06. The first kappa shape index (κ1) is 12.2. The highest BCUT2D eigenvalue weighted by Crippen LogP contribution is 2.55. The lowest BCUT2D eigenvalue weighted by molar-refractivity contribution is 0.396. The van der Waals surface area contributed by atoms with Crippen molar-refractivity contribution in [3.8, 4) is 11.5 Å². The van der Waals surface area contributed by atoms with E-state index in [-0.39, 0.29) is 11.5 Å². The Hall–Kier alpha value is -1.22. The highest BCUT2D eigenvalue weighted by Gasteiger charge is 2.50. The van der Waals surface area contributed by atoms with Gasteiger partial charge in [-0.3, -0.25) is 0 Å². The van der Waals surface area contributed by atoms with Gasteiger partial charge in [0.1, 0.15) is 11.5 Å². The Kier molecular flexibility index (Phi) is 2.82. The summed E-state index contributed by atoms with van der Waals surface area (Å²) in [5.74, 6) is 1.10. The lowest BCUT2D eigenvalue weighted by Gasteiger charge is -2.25. The monoisotopic (exact) mass is 235 g/mol. The summed E-state index contributed by atoms with van der Waals surface area (Å²) >= 11 is 0. The number of nitrogens with two attached hydrogens (primary N) is 1. The zero-order chi connectivity index (χ0) is 12.8. The predicted octanol–water partition coefficient (Wildman–Crippen LogP) is 2.40. The van der Waals surface area contributed by atoms with Crippen LogP contribution >= 0.6 is 0 Å². The van der Waals surface area contributed by atoms with Crippen LogP contribution in [0.2, 0.25) is 0 Å². The van der Waals surface area contributed by atoms with Gasteiger partial charge < -0.3 is 15.6 Å². The van der Waals surface area contributed by atoms with Crippen molar-refractivity contribution in [1.82, 2.24) is 0 Å². The standard InChI is InChI=1S/C14H21NO2/c1-8-7-11(17-4)9(2)13(16)12(8)14(5-6-14)10(3)15/h7,10,16H,5-6,15H2,1-4H3. The van der Waals surface area contributed by atoms with Crippen LogP contribution in [-0.4, -0.2) is 18.3 Å². The molecule has 0 heterocycles. The van der Waals surface area contributed by atoms with Gasteiger partial charge in [0.25, 0.3) is 0 Å². The molecule has 3 nitrogen and oxygen atoms in total. The first-order valence-corrected chi connectivity index (χ1v) is 6.07. The number of ether oxygens (including phenoxy) is 1. The fraction of sp³-hybridized carbons (Fsp3) is 0.571. The molecule has 0 spiro atoms. The van der Waals surface area contributed by atoms with Gasteiger partial charge >= 0.3 is 0 Å². The second-order valence-corrected chi connectivity index (χ2v) is 5.19. The molecule has 1 saturated carbocycles. The van der Waals surface area contributed by atoms with E-state index in [0.717, 1.165) is 35.3 Å². The van der Waals surface area contributed by atoms with E-state index in [2.05, 4.69) is 0 Å². The maximum absolute atomic E-state index is 10.4. The van der Waals surface area contributed by atoms with Crippen LogP contribution < -0.4 is 10.5 Å². The van der Waals surface area contributed by atoms with Crippen molar-refractivity contribution < 1.29 is 9.84 Å². The van der Waals surface area contributed by atoms with Crippen LogP contribution in [0.25, 0.3) is 0 Å². The average Bonchev–Trinajstić information content (AvgIpc) is 3.05. The van der Waals surface area contributed by atoms with Crippen molar-refractivity contribution in [2.24, 2.45) is 5.73 Å². The van der Waals surface area contributed by atoms with Gasteiger partial charge in [0, 0.05) is 22.6 Å². The summed E-state index contributed by atoms with van der Waals surface area (Å²) in [4.78, 5) is 0. The number of aromatic hydroxyl groups is 1. The van der Waals surface area contributed by atoms with E-state index < -0.39 is 0 Å². The van der Waals surface area contributed by atoms with Crippen molar-refractivity contribution >= 4 is 0 Å². The van der Waals surface area contributed by atoms with Gasteiger partial charge in [-0.1, -0.05) is 0 Å². The number of hydrogen-bond donors (Lipinski definition) is 2. The molecule has 1 atom stereocenters. The molecule has 0 aromatic heterocycles. The normalized spacial score (nSPS) is 18.9. The first-order valence-electron chi connectivity index (χ1n) is 6.07. The van der Waals surface area contributed by atoms with Gasteiger partial charge in [-0.05, 0) is 45.2 Å². The second-order valence-electron chi connectivity index (χ2n) is 5.19. The molecule has 0 radical (unpaired) electrons. The Labute approximate surface area is 103 Å². The highest BCUT2D eigenvalue weighted by atomic mass is 16.5. The van der Waals surface area contributed by atoms with Crippen molar-refractivity contribution in [1.29, 1.82) is 0 Å². The van der Waals surface area contributed by atoms with Crippen LogP contribution in [0.5, 0.6) is 11.5 Å². The molecule has 17 heavy (non-hydrogen) atoms. The van der Waals surface area contributed by atoms with Gasteiger partial charge in [0.05, 0.1) is 7.11 Å². The zero-order valence-electron chi connectivity index (χ0n) is 11.0. The Morgan fingerprint density at radius 1 is 1.41 bits per heavy atom. The van der Waals surface area contributed by atoms with Crippen LogP contribution in [0.1, 0.15) is 36.5 Å². The number of methoxy groups -OCH3 is 1. The number of phenols is 1. The molecular weight excluding hydrogens is 214 g/mol. The van der Waals surface area contributed by atoms with E-state index >= 15 is 0 Å².